The number of hydrogen-bond donors (Lipinski definition) is 0. The van der Waals surface area contributed by atoms with Gasteiger partial charge in [0.1, 0.15) is 17.0 Å². The molecule has 0 fully saturated rings. The predicted octanol–water partition coefficient (Wildman–Crippen LogP) is 7.44. The maximum atomic E-state index is 5.08. The van der Waals surface area contributed by atoms with Crippen LogP contribution >= 0.6 is 0 Å². The molecule has 0 radical (unpaired) electrons. The number of aromatic nitrogens is 5. The van der Waals surface area contributed by atoms with Crippen LogP contribution in [0.2, 0.25) is 0 Å². The third-order valence-electron chi connectivity index (χ3n) is 7.07. The highest BCUT2D eigenvalue weighted by atomic mass is 15.2. The molecule has 0 spiro atoms. The molecule has 0 aliphatic heterocycles. The number of pyridine rings is 1. The minimum atomic E-state index is 0.917. The second kappa shape index (κ2) is 7.67. The van der Waals surface area contributed by atoms with Crippen LogP contribution in [0.15, 0.2) is 128 Å². The summed E-state index contributed by atoms with van der Waals surface area (Å²) in [6.45, 7) is 0. The maximum absolute atomic E-state index is 5.08. The van der Waals surface area contributed by atoms with Crippen molar-refractivity contribution in [1.29, 1.82) is 0 Å². The van der Waals surface area contributed by atoms with E-state index in [2.05, 4.69) is 123 Å². The summed E-state index contributed by atoms with van der Waals surface area (Å²) in [5.41, 5.74) is 9.34. The Labute approximate surface area is 212 Å². The number of rotatable bonds is 3. The summed E-state index contributed by atoms with van der Waals surface area (Å²) in [4.78, 5) is 10.1. The zero-order chi connectivity index (χ0) is 24.3. The highest BCUT2D eigenvalue weighted by Gasteiger charge is 2.22. The summed E-state index contributed by atoms with van der Waals surface area (Å²) in [6, 6.07) is 42.0. The number of nitrogens with zero attached hydrogens (tertiary/aromatic N) is 5. The van der Waals surface area contributed by atoms with Gasteiger partial charge >= 0.3 is 0 Å². The van der Waals surface area contributed by atoms with Crippen LogP contribution in [0, 0.1) is 0 Å². The second-order valence-electron chi connectivity index (χ2n) is 9.18. The Balaban J connectivity index is 1.53. The molecule has 0 N–H and O–H groups in total. The molecule has 0 aliphatic carbocycles. The van der Waals surface area contributed by atoms with Gasteiger partial charge in [-0.2, -0.15) is 0 Å². The summed E-state index contributed by atoms with van der Waals surface area (Å²) in [5.74, 6) is 0.917. The molecule has 4 heterocycles. The normalized spacial score (nSPS) is 11.8. The predicted molar refractivity (Wildman–Crippen MR) is 150 cm³/mol. The molecule has 0 unspecified atom stereocenters. The zero-order valence-corrected chi connectivity index (χ0v) is 19.9. The van der Waals surface area contributed by atoms with E-state index in [9.17, 15) is 0 Å². The minimum absolute atomic E-state index is 0.917. The van der Waals surface area contributed by atoms with Crippen LogP contribution in [-0.4, -0.2) is 23.5 Å². The molecule has 5 nitrogen and oxygen atoms in total. The van der Waals surface area contributed by atoms with Crippen LogP contribution in [-0.2, 0) is 0 Å². The van der Waals surface area contributed by atoms with E-state index in [-0.39, 0.29) is 0 Å². The van der Waals surface area contributed by atoms with E-state index in [0.717, 1.165) is 61.5 Å². The first-order chi connectivity index (χ1) is 18.4. The van der Waals surface area contributed by atoms with Crippen LogP contribution < -0.4 is 0 Å². The third kappa shape index (κ3) is 2.85. The molecule has 0 atom stereocenters. The van der Waals surface area contributed by atoms with Crippen LogP contribution in [0.1, 0.15) is 0 Å². The van der Waals surface area contributed by atoms with Crippen molar-refractivity contribution in [2.45, 2.75) is 0 Å². The molecule has 0 saturated heterocycles. The van der Waals surface area contributed by atoms with Gasteiger partial charge in [0, 0.05) is 17.1 Å². The molecular formula is C32H21N5. The van der Waals surface area contributed by atoms with Gasteiger partial charge in [0.05, 0.1) is 27.9 Å². The summed E-state index contributed by atoms with van der Waals surface area (Å²) >= 11 is 0. The molecule has 174 valence electrons. The van der Waals surface area contributed by atoms with Gasteiger partial charge in [-0.15, -0.1) is 0 Å². The number of hydrogen-bond acceptors (Lipinski definition) is 2. The number of benzene rings is 4. The average molecular weight is 476 g/mol. The molecule has 0 bridgehead atoms. The molecule has 8 rings (SSSR count). The fraction of sp³-hybridized carbons (Fsp3) is 0. The molecule has 4 aromatic heterocycles. The highest BCUT2D eigenvalue weighted by molar-refractivity contribution is 6.07. The fourth-order valence-electron chi connectivity index (χ4n) is 5.50. The standard InChI is InChI=1S/C32H21N5/c1-2-12-22(13-3-1)31-33-24-15-5-7-17-26(24)36(31)27-18-8-9-19-28(27)37-25-16-6-4-14-23(25)30-32(37)35-21-11-10-20-29(35)34-30/h1-21H. The lowest BCUT2D eigenvalue weighted by molar-refractivity contribution is 1.03. The van der Waals surface area contributed by atoms with Crippen molar-refractivity contribution in [3.05, 3.63) is 128 Å². The van der Waals surface area contributed by atoms with Crippen molar-refractivity contribution in [2.75, 3.05) is 0 Å². The van der Waals surface area contributed by atoms with Crippen LogP contribution in [0.5, 0.6) is 0 Å². The molecule has 0 aliphatic rings. The molecule has 0 saturated carbocycles. The van der Waals surface area contributed by atoms with Crippen molar-refractivity contribution in [2.24, 2.45) is 0 Å². The Bertz CT molecular complexity index is 2090. The van der Waals surface area contributed by atoms with Crippen molar-refractivity contribution >= 4 is 38.7 Å². The quantitative estimate of drug-likeness (QED) is 0.266. The van der Waals surface area contributed by atoms with Gasteiger partial charge in [0.15, 0.2) is 5.65 Å². The monoisotopic (exact) mass is 475 g/mol. The van der Waals surface area contributed by atoms with Crippen LogP contribution in [0.4, 0.5) is 0 Å². The molecular weight excluding hydrogens is 454 g/mol. The van der Waals surface area contributed by atoms with Gasteiger partial charge < -0.3 is 0 Å². The van der Waals surface area contributed by atoms with Gasteiger partial charge in [-0.1, -0.05) is 78.9 Å². The van der Waals surface area contributed by atoms with E-state index >= 15 is 0 Å². The molecule has 4 aromatic carbocycles. The Morgan fingerprint density at radius 2 is 1.19 bits per heavy atom. The van der Waals surface area contributed by atoms with Gasteiger partial charge in [-0.25, -0.2) is 9.97 Å². The molecule has 5 heteroatoms. The van der Waals surface area contributed by atoms with Gasteiger partial charge in [0.2, 0.25) is 0 Å². The maximum Gasteiger partial charge on any atom is 0.150 e. The Kier molecular flexibility index (Phi) is 4.16. The largest absolute Gasteiger partial charge is 0.291 e. The van der Waals surface area contributed by atoms with Crippen molar-refractivity contribution in [3.8, 4) is 22.8 Å². The van der Waals surface area contributed by atoms with Crippen molar-refractivity contribution in [1.82, 2.24) is 23.5 Å². The van der Waals surface area contributed by atoms with E-state index < -0.39 is 0 Å². The number of imidazole rings is 2. The lowest BCUT2D eigenvalue weighted by Crippen LogP contribution is -2.05. The molecule has 0 amide bonds. The van der Waals surface area contributed by atoms with E-state index in [4.69, 9.17) is 9.97 Å². The first kappa shape index (κ1) is 20.1. The lowest BCUT2D eigenvalue weighted by Gasteiger charge is -2.17. The van der Waals surface area contributed by atoms with Gasteiger partial charge in [0.25, 0.3) is 0 Å². The van der Waals surface area contributed by atoms with Crippen molar-refractivity contribution in [3.63, 3.8) is 0 Å². The van der Waals surface area contributed by atoms with Gasteiger partial charge in [-0.3, -0.25) is 13.5 Å². The lowest BCUT2D eigenvalue weighted by atomic mass is 10.2. The Morgan fingerprint density at radius 3 is 2.05 bits per heavy atom. The smallest absolute Gasteiger partial charge is 0.150 e. The van der Waals surface area contributed by atoms with Crippen molar-refractivity contribution < 1.29 is 0 Å². The summed E-state index contributed by atoms with van der Waals surface area (Å²) < 4.78 is 6.80. The summed E-state index contributed by atoms with van der Waals surface area (Å²) in [6.07, 6.45) is 2.09. The number of fused-ring (bicyclic) bond motifs is 6. The molecule has 8 aromatic rings. The van der Waals surface area contributed by atoms with E-state index in [0.29, 0.717) is 0 Å². The van der Waals surface area contributed by atoms with Gasteiger partial charge in [-0.05, 0) is 42.5 Å². The fourth-order valence-corrected chi connectivity index (χ4v) is 5.50. The van der Waals surface area contributed by atoms with Crippen LogP contribution in [0.3, 0.4) is 0 Å². The Morgan fingerprint density at radius 1 is 0.514 bits per heavy atom. The minimum Gasteiger partial charge on any atom is -0.291 e. The topological polar surface area (TPSA) is 40.0 Å². The van der Waals surface area contributed by atoms with E-state index in [1.165, 1.54) is 0 Å². The zero-order valence-electron chi connectivity index (χ0n) is 19.9. The van der Waals surface area contributed by atoms with E-state index in [1.807, 2.05) is 18.2 Å². The summed E-state index contributed by atoms with van der Waals surface area (Å²) in [5, 5.41) is 1.13. The average Bonchev–Trinajstić information content (AvgIpc) is 3.63. The number of para-hydroxylation sites is 5. The SMILES string of the molecule is c1ccc(-c2nc3ccccc3n2-c2ccccc2-n2c3ccccc3c3nc4ccccn4c32)cc1. The molecule has 37 heavy (non-hydrogen) atoms. The van der Waals surface area contributed by atoms with E-state index in [1.54, 1.807) is 0 Å². The Hall–Kier alpha value is -5.16. The summed E-state index contributed by atoms with van der Waals surface area (Å²) in [7, 11) is 0. The third-order valence-corrected chi connectivity index (χ3v) is 7.07. The second-order valence-corrected chi connectivity index (χ2v) is 9.18. The highest BCUT2D eigenvalue weighted by Crippen LogP contribution is 2.37. The van der Waals surface area contributed by atoms with Crippen LogP contribution in [0.25, 0.3) is 61.5 Å². The first-order valence-corrected chi connectivity index (χ1v) is 12.4. The first-order valence-electron chi connectivity index (χ1n) is 12.4.